The van der Waals surface area contributed by atoms with Gasteiger partial charge in [-0.25, -0.2) is 13.4 Å². The number of rotatable bonds is 8. The molecular formula is C23H26N2O4S2. The van der Waals surface area contributed by atoms with Gasteiger partial charge in [0, 0.05) is 13.0 Å². The van der Waals surface area contributed by atoms with Gasteiger partial charge in [-0.2, -0.15) is 0 Å². The van der Waals surface area contributed by atoms with Crippen LogP contribution in [0.1, 0.15) is 31.2 Å². The Hall–Kier alpha value is -2.29. The summed E-state index contributed by atoms with van der Waals surface area (Å²) < 4.78 is 31.9. The van der Waals surface area contributed by atoms with Crippen LogP contribution >= 0.6 is 11.3 Å². The van der Waals surface area contributed by atoms with E-state index < -0.39 is 9.84 Å². The third-order valence-electron chi connectivity index (χ3n) is 5.46. The number of sulfone groups is 1. The van der Waals surface area contributed by atoms with Crippen LogP contribution in [0.3, 0.4) is 0 Å². The van der Waals surface area contributed by atoms with Crippen molar-refractivity contribution in [2.45, 2.75) is 43.6 Å². The second kappa shape index (κ2) is 9.46. The molecule has 4 rings (SSSR count). The van der Waals surface area contributed by atoms with Crippen molar-refractivity contribution in [3.63, 3.8) is 0 Å². The van der Waals surface area contributed by atoms with Crippen LogP contribution in [0.15, 0.2) is 53.4 Å². The molecule has 0 spiro atoms. The van der Waals surface area contributed by atoms with Gasteiger partial charge in [-0.3, -0.25) is 9.69 Å². The van der Waals surface area contributed by atoms with Crippen molar-refractivity contribution in [2.75, 3.05) is 23.8 Å². The van der Waals surface area contributed by atoms with Gasteiger partial charge >= 0.3 is 0 Å². The first-order chi connectivity index (χ1) is 14.9. The number of anilines is 1. The molecule has 0 radical (unpaired) electrons. The van der Waals surface area contributed by atoms with E-state index in [4.69, 9.17) is 9.72 Å². The molecule has 1 aliphatic rings. The maximum absolute atomic E-state index is 13.2. The van der Waals surface area contributed by atoms with Crippen LogP contribution in [0.5, 0.6) is 0 Å². The van der Waals surface area contributed by atoms with Gasteiger partial charge < -0.3 is 4.74 Å². The molecule has 0 saturated carbocycles. The second-order valence-corrected chi connectivity index (χ2v) is 10.9. The number of hydrogen-bond acceptors (Lipinski definition) is 6. The van der Waals surface area contributed by atoms with Crippen LogP contribution in [-0.2, 0) is 19.4 Å². The molecule has 31 heavy (non-hydrogen) atoms. The van der Waals surface area contributed by atoms with E-state index >= 15 is 0 Å². The molecule has 8 heteroatoms. The Kier molecular flexibility index (Phi) is 6.69. The van der Waals surface area contributed by atoms with Crippen molar-refractivity contribution in [3.8, 4) is 0 Å². The highest BCUT2D eigenvalue weighted by atomic mass is 32.2. The fourth-order valence-electron chi connectivity index (χ4n) is 3.76. The highest BCUT2D eigenvalue weighted by Crippen LogP contribution is 2.32. The molecule has 164 valence electrons. The fourth-order valence-corrected chi connectivity index (χ4v) is 6.16. The first kappa shape index (κ1) is 21.9. The highest BCUT2D eigenvalue weighted by molar-refractivity contribution is 7.91. The number of carbonyl (C=O) groups is 1. The third kappa shape index (κ3) is 5.14. The lowest BCUT2D eigenvalue weighted by atomic mass is 10.2. The monoisotopic (exact) mass is 458 g/mol. The second-order valence-electron chi connectivity index (χ2n) is 7.79. The van der Waals surface area contributed by atoms with Crippen LogP contribution < -0.4 is 4.90 Å². The van der Waals surface area contributed by atoms with Crippen LogP contribution in [-0.4, -0.2) is 44.3 Å². The highest BCUT2D eigenvalue weighted by Gasteiger charge is 2.26. The van der Waals surface area contributed by atoms with Gasteiger partial charge in [0.05, 0.1) is 33.5 Å². The van der Waals surface area contributed by atoms with E-state index in [1.807, 2.05) is 25.1 Å². The summed E-state index contributed by atoms with van der Waals surface area (Å²) in [5.74, 6) is -0.175. The number of thiazole rings is 1. The Balaban J connectivity index is 1.49. The van der Waals surface area contributed by atoms with Crippen LogP contribution in [0.4, 0.5) is 5.13 Å². The summed E-state index contributed by atoms with van der Waals surface area (Å²) in [6, 6.07) is 14.4. The van der Waals surface area contributed by atoms with E-state index in [2.05, 4.69) is 0 Å². The Morgan fingerprint density at radius 1 is 1.19 bits per heavy atom. The average Bonchev–Trinajstić information content (AvgIpc) is 3.43. The van der Waals surface area contributed by atoms with E-state index in [9.17, 15) is 13.2 Å². The SMILES string of the molecule is Cc1cccc2sc(N(CC3CCCO3)C(=O)CCCS(=O)(=O)c3ccccc3)nc12. The quantitative estimate of drug-likeness (QED) is 0.501. The molecule has 1 aliphatic heterocycles. The lowest BCUT2D eigenvalue weighted by Gasteiger charge is -2.23. The van der Waals surface area contributed by atoms with Crippen LogP contribution in [0.2, 0.25) is 0 Å². The molecule has 1 unspecified atom stereocenters. The number of fused-ring (bicyclic) bond motifs is 1. The summed E-state index contributed by atoms with van der Waals surface area (Å²) in [5.41, 5.74) is 1.97. The van der Waals surface area contributed by atoms with Gasteiger partial charge in [-0.1, -0.05) is 41.7 Å². The molecule has 1 amide bonds. The molecule has 2 aromatic carbocycles. The largest absolute Gasteiger partial charge is 0.376 e. The summed E-state index contributed by atoms with van der Waals surface area (Å²) in [6.07, 6.45) is 2.30. The van der Waals surface area contributed by atoms with E-state index in [-0.39, 0.29) is 30.6 Å². The number of aromatic nitrogens is 1. The third-order valence-corrected chi connectivity index (χ3v) is 8.32. The number of para-hydroxylation sites is 1. The predicted molar refractivity (Wildman–Crippen MR) is 123 cm³/mol. The van der Waals surface area contributed by atoms with Gasteiger partial charge in [-0.05, 0) is 49.9 Å². The number of hydrogen-bond donors (Lipinski definition) is 0. The van der Waals surface area contributed by atoms with Crippen molar-refractivity contribution in [2.24, 2.45) is 0 Å². The fraction of sp³-hybridized carbons (Fsp3) is 0.391. The molecule has 1 saturated heterocycles. The maximum atomic E-state index is 13.2. The summed E-state index contributed by atoms with van der Waals surface area (Å²) in [6.45, 7) is 3.16. The zero-order valence-corrected chi connectivity index (χ0v) is 19.1. The zero-order valence-electron chi connectivity index (χ0n) is 17.5. The summed E-state index contributed by atoms with van der Waals surface area (Å²) in [7, 11) is -3.40. The van der Waals surface area contributed by atoms with Gasteiger partial charge in [-0.15, -0.1) is 0 Å². The van der Waals surface area contributed by atoms with Gasteiger partial charge in [0.15, 0.2) is 15.0 Å². The van der Waals surface area contributed by atoms with Gasteiger partial charge in [0.2, 0.25) is 5.91 Å². The molecule has 6 nitrogen and oxygen atoms in total. The van der Waals surface area contributed by atoms with Crippen molar-refractivity contribution in [3.05, 3.63) is 54.1 Å². The molecule has 1 aromatic heterocycles. The predicted octanol–water partition coefficient (Wildman–Crippen LogP) is 4.37. The molecule has 1 atom stereocenters. The lowest BCUT2D eigenvalue weighted by Crippen LogP contribution is -2.37. The van der Waals surface area contributed by atoms with Crippen LogP contribution in [0.25, 0.3) is 10.2 Å². The Morgan fingerprint density at radius 3 is 2.71 bits per heavy atom. The standard InChI is InChI=1S/C23H26N2O4S2/c1-17-8-5-12-20-22(17)24-23(30-20)25(16-18-9-6-14-29-18)21(26)13-7-15-31(27,28)19-10-3-2-4-11-19/h2-5,8,10-12,18H,6-7,9,13-16H2,1H3. The van der Waals surface area contributed by atoms with Crippen molar-refractivity contribution in [1.82, 2.24) is 4.98 Å². The van der Waals surface area contributed by atoms with E-state index in [0.29, 0.717) is 23.2 Å². The minimum absolute atomic E-state index is 0.00916. The Morgan fingerprint density at radius 2 is 2.00 bits per heavy atom. The Labute approximate surface area is 186 Å². The molecule has 3 aromatic rings. The maximum Gasteiger partial charge on any atom is 0.228 e. The van der Waals surface area contributed by atoms with E-state index in [0.717, 1.165) is 28.6 Å². The number of amides is 1. The van der Waals surface area contributed by atoms with E-state index in [1.54, 1.807) is 35.2 Å². The minimum atomic E-state index is -3.40. The number of aryl methyl sites for hydroxylation is 1. The molecular weight excluding hydrogens is 432 g/mol. The minimum Gasteiger partial charge on any atom is -0.376 e. The normalized spacial score (nSPS) is 16.6. The summed E-state index contributed by atoms with van der Waals surface area (Å²) >= 11 is 1.49. The van der Waals surface area contributed by atoms with E-state index in [1.165, 1.54) is 11.3 Å². The molecule has 1 fully saturated rings. The first-order valence-corrected chi connectivity index (χ1v) is 13.0. The Bertz CT molecular complexity index is 1150. The number of nitrogens with zero attached hydrogens (tertiary/aromatic N) is 2. The smallest absolute Gasteiger partial charge is 0.228 e. The van der Waals surface area contributed by atoms with Crippen molar-refractivity contribution in [1.29, 1.82) is 0 Å². The molecule has 0 N–H and O–H groups in total. The molecule has 2 heterocycles. The first-order valence-electron chi connectivity index (χ1n) is 10.5. The average molecular weight is 459 g/mol. The van der Waals surface area contributed by atoms with Crippen molar-refractivity contribution < 1.29 is 17.9 Å². The number of ether oxygens (including phenoxy) is 1. The number of benzene rings is 2. The van der Waals surface area contributed by atoms with Crippen LogP contribution in [0, 0.1) is 6.92 Å². The molecule has 0 aliphatic carbocycles. The van der Waals surface area contributed by atoms with Crippen molar-refractivity contribution >= 4 is 42.4 Å². The summed E-state index contributed by atoms with van der Waals surface area (Å²) in [4.78, 5) is 19.9. The van der Waals surface area contributed by atoms with Gasteiger partial charge in [0.25, 0.3) is 0 Å². The lowest BCUT2D eigenvalue weighted by molar-refractivity contribution is -0.119. The van der Waals surface area contributed by atoms with Gasteiger partial charge in [0.1, 0.15) is 0 Å². The zero-order chi connectivity index (χ0) is 21.8. The molecule has 0 bridgehead atoms. The summed E-state index contributed by atoms with van der Waals surface area (Å²) in [5, 5.41) is 0.649. The topological polar surface area (TPSA) is 76.6 Å². The number of carbonyl (C=O) groups excluding carboxylic acids is 1.